The van der Waals surface area contributed by atoms with Crippen molar-refractivity contribution in [2.75, 3.05) is 20.7 Å². The minimum atomic E-state index is 0.0360. The van der Waals surface area contributed by atoms with E-state index in [0.29, 0.717) is 12.6 Å². The first kappa shape index (κ1) is 17.1. The predicted molar refractivity (Wildman–Crippen MR) is 87.3 cm³/mol. The topological polar surface area (TPSA) is 54.9 Å². The number of rotatable bonds is 7. The number of guanidine groups is 1. The third kappa shape index (κ3) is 6.38. The second-order valence-electron chi connectivity index (χ2n) is 5.01. The molecule has 0 spiro atoms. The Morgan fingerprint density at radius 3 is 2.33 bits per heavy atom. The molecular formula is C16H27N3O2. The van der Waals surface area contributed by atoms with Gasteiger partial charge in [0.15, 0.2) is 5.96 Å². The van der Waals surface area contributed by atoms with E-state index in [1.54, 1.807) is 14.2 Å². The first-order valence-corrected chi connectivity index (χ1v) is 7.36. The van der Waals surface area contributed by atoms with Crippen LogP contribution in [0.15, 0.2) is 29.3 Å². The van der Waals surface area contributed by atoms with Gasteiger partial charge in [-0.15, -0.1) is 0 Å². The molecule has 0 bridgehead atoms. The van der Waals surface area contributed by atoms with Crippen LogP contribution in [0.5, 0.6) is 11.5 Å². The Morgan fingerprint density at radius 1 is 1.19 bits per heavy atom. The van der Waals surface area contributed by atoms with E-state index < -0.39 is 0 Å². The van der Waals surface area contributed by atoms with Crippen LogP contribution in [0.25, 0.3) is 0 Å². The van der Waals surface area contributed by atoms with Gasteiger partial charge in [-0.2, -0.15) is 0 Å². The summed E-state index contributed by atoms with van der Waals surface area (Å²) in [5.41, 5.74) is 0. The maximum atomic E-state index is 5.84. The normalized spacial score (nSPS) is 14.2. The van der Waals surface area contributed by atoms with Gasteiger partial charge in [0.2, 0.25) is 0 Å². The van der Waals surface area contributed by atoms with Crippen molar-refractivity contribution < 1.29 is 9.47 Å². The highest BCUT2D eigenvalue weighted by atomic mass is 16.5. The van der Waals surface area contributed by atoms with E-state index in [1.807, 2.05) is 31.2 Å². The molecule has 2 atom stereocenters. The Morgan fingerprint density at radius 2 is 1.81 bits per heavy atom. The van der Waals surface area contributed by atoms with Crippen molar-refractivity contribution in [3.05, 3.63) is 24.3 Å². The number of hydrogen-bond acceptors (Lipinski definition) is 3. The number of nitrogens with zero attached hydrogens (tertiary/aromatic N) is 1. The molecule has 2 unspecified atom stereocenters. The lowest BCUT2D eigenvalue weighted by atomic mass is 10.3. The highest BCUT2D eigenvalue weighted by Crippen LogP contribution is 2.17. The van der Waals surface area contributed by atoms with E-state index >= 15 is 0 Å². The van der Waals surface area contributed by atoms with Crippen LogP contribution in [0.3, 0.4) is 0 Å². The fourth-order valence-electron chi connectivity index (χ4n) is 1.70. The molecule has 0 aliphatic rings. The van der Waals surface area contributed by atoms with E-state index in [2.05, 4.69) is 29.5 Å². The highest BCUT2D eigenvalue weighted by molar-refractivity contribution is 5.79. The van der Waals surface area contributed by atoms with Crippen LogP contribution in [0.1, 0.15) is 27.2 Å². The first-order chi connectivity index (χ1) is 10.1. The Kier molecular flexibility index (Phi) is 7.43. The number of hydrogen-bond donors (Lipinski definition) is 2. The molecule has 2 N–H and O–H groups in total. The van der Waals surface area contributed by atoms with Crippen LogP contribution < -0.4 is 20.1 Å². The third-order valence-electron chi connectivity index (χ3n) is 3.17. The first-order valence-electron chi connectivity index (χ1n) is 7.36. The summed E-state index contributed by atoms with van der Waals surface area (Å²) < 4.78 is 11.0. The second-order valence-corrected chi connectivity index (χ2v) is 5.01. The van der Waals surface area contributed by atoms with Gasteiger partial charge in [0.05, 0.1) is 13.7 Å². The average Bonchev–Trinajstić information content (AvgIpc) is 2.51. The van der Waals surface area contributed by atoms with E-state index in [1.165, 1.54) is 0 Å². The van der Waals surface area contributed by atoms with Gasteiger partial charge in [-0.25, -0.2) is 0 Å². The Labute approximate surface area is 127 Å². The fourth-order valence-corrected chi connectivity index (χ4v) is 1.70. The summed E-state index contributed by atoms with van der Waals surface area (Å²) in [5.74, 6) is 2.45. The Bertz CT molecular complexity index is 432. The molecule has 1 aromatic rings. The molecule has 21 heavy (non-hydrogen) atoms. The van der Waals surface area contributed by atoms with Crippen LogP contribution in [0.4, 0.5) is 0 Å². The van der Waals surface area contributed by atoms with Gasteiger partial charge in [-0.05, 0) is 44.5 Å². The molecule has 0 aromatic heterocycles. The summed E-state index contributed by atoms with van der Waals surface area (Å²) in [7, 11) is 3.42. The average molecular weight is 293 g/mol. The molecule has 0 saturated carbocycles. The molecule has 0 aliphatic carbocycles. The van der Waals surface area contributed by atoms with Crippen LogP contribution in [0, 0.1) is 0 Å². The molecular weight excluding hydrogens is 266 g/mol. The third-order valence-corrected chi connectivity index (χ3v) is 3.17. The molecule has 118 valence electrons. The molecule has 0 radical (unpaired) electrons. The standard InChI is InChI=1S/C16H27N3O2/c1-6-12(2)19-16(17-4)18-11-13(3)21-15-9-7-14(20-5)8-10-15/h7-10,12-13H,6,11H2,1-5H3,(H2,17,18,19). The summed E-state index contributed by atoms with van der Waals surface area (Å²) in [5, 5.41) is 6.58. The zero-order valence-electron chi connectivity index (χ0n) is 13.6. The number of ether oxygens (including phenoxy) is 2. The number of methoxy groups -OCH3 is 1. The maximum Gasteiger partial charge on any atom is 0.191 e. The van der Waals surface area contributed by atoms with Crippen molar-refractivity contribution in [2.24, 2.45) is 4.99 Å². The zero-order valence-corrected chi connectivity index (χ0v) is 13.6. The lowest BCUT2D eigenvalue weighted by molar-refractivity contribution is 0.223. The molecule has 0 saturated heterocycles. The Hall–Kier alpha value is -1.91. The van der Waals surface area contributed by atoms with Crippen molar-refractivity contribution >= 4 is 5.96 Å². The van der Waals surface area contributed by atoms with Crippen LogP contribution in [0.2, 0.25) is 0 Å². The number of benzene rings is 1. The van der Waals surface area contributed by atoms with E-state index in [9.17, 15) is 0 Å². The zero-order chi connectivity index (χ0) is 15.7. The maximum absolute atomic E-state index is 5.84. The number of nitrogens with one attached hydrogen (secondary N) is 2. The summed E-state index contributed by atoms with van der Waals surface area (Å²) >= 11 is 0. The SMILES string of the molecule is CCC(C)NC(=NC)NCC(C)Oc1ccc(OC)cc1. The quantitative estimate of drug-likeness (QED) is 0.599. The summed E-state index contributed by atoms with van der Waals surface area (Å²) in [6.07, 6.45) is 1.09. The van der Waals surface area contributed by atoms with E-state index in [0.717, 1.165) is 23.9 Å². The molecule has 1 rings (SSSR count). The minimum Gasteiger partial charge on any atom is -0.497 e. The van der Waals surface area contributed by atoms with Crippen molar-refractivity contribution in [1.29, 1.82) is 0 Å². The molecule has 5 nitrogen and oxygen atoms in total. The van der Waals surface area contributed by atoms with Crippen LogP contribution in [-0.4, -0.2) is 38.8 Å². The lowest BCUT2D eigenvalue weighted by Gasteiger charge is -2.20. The summed E-state index contributed by atoms with van der Waals surface area (Å²) in [6, 6.07) is 7.98. The largest absolute Gasteiger partial charge is 0.497 e. The monoisotopic (exact) mass is 293 g/mol. The van der Waals surface area contributed by atoms with Crippen LogP contribution >= 0.6 is 0 Å². The summed E-state index contributed by atoms with van der Waals surface area (Å²) in [4.78, 5) is 4.20. The number of aliphatic imine (C=N–C) groups is 1. The van der Waals surface area contributed by atoms with Crippen molar-refractivity contribution in [1.82, 2.24) is 10.6 Å². The molecule has 0 fully saturated rings. The van der Waals surface area contributed by atoms with Gasteiger partial charge in [0, 0.05) is 13.1 Å². The molecule has 1 aromatic carbocycles. The van der Waals surface area contributed by atoms with E-state index in [-0.39, 0.29) is 6.10 Å². The van der Waals surface area contributed by atoms with Gasteiger partial charge in [-0.3, -0.25) is 4.99 Å². The molecule has 0 amide bonds. The van der Waals surface area contributed by atoms with Gasteiger partial charge < -0.3 is 20.1 Å². The Balaban J connectivity index is 2.40. The summed E-state index contributed by atoms with van der Waals surface area (Å²) in [6.45, 7) is 6.97. The smallest absolute Gasteiger partial charge is 0.191 e. The molecule has 5 heteroatoms. The van der Waals surface area contributed by atoms with Gasteiger partial charge in [-0.1, -0.05) is 6.92 Å². The lowest BCUT2D eigenvalue weighted by Crippen LogP contribution is -2.45. The molecule has 0 heterocycles. The van der Waals surface area contributed by atoms with Crippen molar-refractivity contribution in [3.8, 4) is 11.5 Å². The predicted octanol–water partition coefficient (Wildman–Crippen LogP) is 2.43. The van der Waals surface area contributed by atoms with Crippen molar-refractivity contribution in [2.45, 2.75) is 39.3 Å². The van der Waals surface area contributed by atoms with Gasteiger partial charge in [0.25, 0.3) is 0 Å². The van der Waals surface area contributed by atoms with Gasteiger partial charge in [0.1, 0.15) is 17.6 Å². The van der Waals surface area contributed by atoms with E-state index in [4.69, 9.17) is 9.47 Å². The fraction of sp³-hybridized carbons (Fsp3) is 0.562. The van der Waals surface area contributed by atoms with Crippen LogP contribution in [-0.2, 0) is 0 Å². The van der Waals surface area contributed by atoms with Crippen molar-refractivity contribution in [3.63, 3.8) is 0 Å². The molecule has 0 aliphatic heterocycles. The highest BCUT2D eigenvalue weighted by Gasteiger charge is 2.07. The minimum absolute atomic E-state index is 0.0360. The van der Waals surface area contributed by atoms with Gasteiger partial charge >= 0.3 is 0 Å². The second kappa shape index (κ2) is 9.10.